The van der Waals surface area contributed by atoms with Crippen LogP contribution in [-0.2, 0) is 6.61 Å². The van der Waals surface area contributed by atoms with Crippen LogP contribution < -0.4 is 10.5 Å². The van der Waals surface area contributed by atoms with E-state index in [1.807, 2.05) is 61.6 Å². The van der Waals surface area contributed by atoms with Crippen LogP contribution in [0.3, 0.4) is 0 Å². The lowest BCUT2D eigenvalue weighted by Crippen LogP contribution is -2.40. The number of benzene rings is 2. The normalized spacial score (nSPS) is 10.7. The standard InChI is InChI=1S/C20H26N2O2.ClH/c1-20(2,14-21)15-22(3)19(23)18-12-8-7-9-16(18)13-24-17-10-5-4-6-11-17;/h4-12H,13-15,21H2,1-3H3;1H. The predicted molar refractivity (Wildman–Crippen MR) is 104 cm³/mol. The third kappa shape index (κ3) is 6.07. The summed E-state index contributed by atoms with van der Waals surface area (Å²) in [7, 11) is 1.81. The lowest BCUT2D eigenvalue weighted by molar-refractivity contribution is 0.0738. The second-order valence-electron chi connectivity index (χ2n) is 6.79. The Hall–Kier alpha value is -2.04. The fraction of sp³-hybridized carbons (Fsp3) is 0.350. The Morgan fingerprint density at radius 3 is 2.32 bits per heavy atom. The number of hydrogen-bond acceptors (Lipinski definition) is 3. The summed E-state index contributed by atoms with van der Waals surface area (Å²) in [5.41, 5.74) is 7.21. The van der Waals surface area contributed by atoms with E-state index in [1.54, 1.807) is 4.90 Å². The molecule has 0 atom stereocenters. The Morgan fingerprint density at radius 2 is 1.68 bits per heavy atom. The van der Waals surface area contributed by atoms with Gasteiger partial charge in [-0.1, -0.05) is 50.2 Å². The first-order chi connectivity index (χ1) is 11.4. The van der Waals surface area contributed by atoms with Crippen molar-refractivity contribution < 1.29 is 9.53 Å². The number of carbonyl (C=O) groups is 1. The summed E-state index contributed by atoms with van der Waals surface area (Å²) >= 11 is 0. The van der Waals surface area contributed by atoms with Gasteiger partial charge in [0.05, 0.1) is 0 Å². The van der Waals surface area contributed by atoms with Gasteiger partial charge in [0.15, 0.2) is 0 Å². The smallest absolute Gasteiger partial charge is 0.254 e. The second-order valence-corrected chi connectivity index (χ2v) is 6.79. The van der Waals surface area contributed by atoms with Crippen molar-refractivity contribution in [1.29, 1.82) is 0 Å². The van der Waals surface area contributed by atoms with Gasteiger partial charge in [-0.3, -0.25) is 4.79 Å². The van der Waals surface area contributed by atoms with Crippen molar-refractivity contribution in [1.82, 2.24) is 4.90 Å². The maximum atomic E-state index is 12.8. The fourth-order valence-corrected chi connectivity index (χ4v) is 2.52. The molecule has 0 aliphatic heterocycles. The molecule has 0 spiro atoms. The molecule has 0 radical (unpaired) electrons. The molecule has 2 N–H and O–H groups in total. The van der Waals surface area contributed by atoms with Crippen LogP contribution >= 0.6 is 12.4 Å². The molecule has 0 aromatic heterocycles. The first-order valence-corrected chi connectivity index (χ1v) is 8.14. The van der Waals surface area contributed by atoms with E-state index in [-0.39, 0.29) is 23.7 Å². The number of halogens is 1. The molecule has 1 amide bonds. The van der Waals surface area contributed by atoms with Gasteiger partial charge in [-0.25, -0.2) is 0 Å². The van der Waals surface area contributed by atoms with Crippen molar-refractivity contribution in [3.63, 3.8) is 0 Å². The quantitative estimate of drug-likeness (QED) is 0.816. The minimum absolute atomic E-state index is 0. The van der Waals surface area contributed by atoms with Gasteiger partial charge in [-0.2, -0.15) is 0 Å². The largest absolute Gasteiger partial charge is 0.489 e. The summed E-state index contributed by atoms with van der Waals surface area (Å²) in [4.78, 5) is 14.5. The van der Waals surface area contributed by atoms with Crippen molar-refractivity contribution in [3.8, 4) is 5.75 Å². The van der Waals surface area contributed by atoms with Crippen LogP contribution in [0.5, 0.6) is 5.75 Å². The Balaban J connectivity index is 0.00000312. The Bertz CT molecular complexity index is 674. The van der Waals surface area contributed by atoms with Gasteiger partial charge < -0.3 is 15.4 Å². The number of para-hydroxylation sites is 1. The van der Waals surface area contributed by atoms with Gasteiger partial charge >= 0.3 is 0 Å². The van der Waals surface area contributed by atoms with Crippen molar-refractivity contribution in [2.24, 2.45) is 11.1 Å². The third-order valence-electron chi connectivity index (χ3n) is 3.95. The predicted octanol–water partition coefficient (Wildman–Crippen LogP) is 3.74. The zero-order chi connectivity index (χ0) is 17.6. The zero-order valence-corrected chi connectivity index (χ0v) is 15.9. The molecule has 0 aliphatic carbocycles. The molecule has 0 unspecified atom stereocenters. The maximum Gasteiger partial charge on any atom is 0.254 e. The molecule has 2 rings (SSSR count). The average Bonchev–Trinajstić information content (AvgIpc) is 2.60. The summed E-state index contributed by atoms with van der Waals surface area (Å²) in [5, 5.41) is 0. The van der Waals surface area contributed by atoms with Crippen LogP contribution in [0.25, 0.3) is 0 Å². The first-order valence-electron chi connectivity index (χ1n) is 8.14. The van der Waals surface area contributed by atoms with Gasteiger partial charge in [0.2, 0.25) is 0 Å². The third-order valence-corrected chi connectivity index (χ3v) is 3.95. The summed E-state index contributed by atoms with van der Waals surface area (Å²) in [6.07, 6.45) is 0. The van der Waals surface area contributed by atoms with Crippen LogP contribution in [-0.4, -0.2) is 30.9 Å². The van der Waals surface area contributed by atoms with E-state index in [1.165, 1.54) is 0 Å². The molecule has 0 fully saturated rings. The van der Waals surface area contributed by atoms with E-state index >= 15 is 0 Å². The summed E-state index contributed by atoms with van der Waals surface area (Å²) in [5.74, 6) is 0.779. The molecule has 4 nitrogen and oxygen atoms in total. The van der Waals surface area contributed by atoms with Gasteiger partial charge in [0.25, 0.3) is 5.91 Å². The number of amides is 1. The zero-order valence-electron chi connectivity index (χ0n) is 15.1. The van der Waals surface area contributed by atoms with E-state index in [4.69, 9.17) is 10.5 Å². The molecule has 0 saturated carbocycles. The minimum Gasteiger partial charge on any atom is -0.489 e. The lowest BCUT2D eigenvalue weighted by Gasteiger charge is -2.29. The lowest BCUT2D eigenvalue weighted by atomic mass is 9.93. The van der Waals surface area contributed by atoms with Gasteiger partial charge in [0, 0.05) is 24.7 Å². The van der Waals surface area contributed by atoms with Crippen LogP contribution in [0.4, 0.5) is 0 Å². The summed E-state index contributed by atoms with van der Waals surface area (Å²) in [6.45, 7) is 5.61. The highest BCUT2D eigenvalue weighted by Gasteiger charge is 2.23. The molecule has 5 heteroatoms. The molecule has 2 aromatic carbocycles. The molecule has 136 valence electrons. The van der Waals surface area contributed by atoms with Crippen molar-refractivity contribution >= 4 is 18.3 Å². The Morgan fingerprint density at radius 1 is 1.08 bits per heavy atom. The number of carbonyl (C=O) groups excluding carboxylic acids is 1. The highest BCUT2D eigenvalue weighted by atomic mass is 35.5. The Kier molecular flexibility index (Phi) is 7.94. The van der Waals surface area contributed by atoms with Gasteiger partial charge in [-0.15, -0.1) is 12.4 Å². The maximum absolute atomic E-state index is 12.8. The molecule has 0 aliphatic rings. The molecule has 2 aromatic rings. The van der Waals surface area contributed by atoms with Gasteiger partial charge in [0.1, 0.15) is 12.4 Å². The van der Waals surface area contributed by atoms with E-state index in [9.17, 15) is 4.79 Å². The van der Waals surface area contributed by atoms with Crippen LogP contribution in [0.15, 0.2) is 54.6 Å². The number of rotatable bonds is 7. The fourth-order valence-electron chi connectivity index (χ4n) is 2.52. The molecular weight excluding hydrogens is 336 g/mol. The van der Waals surface area contributed by atoms with Crippen LogP contribution in [0.2, 0.25) is 0 Å². The van der Waals surface area contributed by atoms with Crippen LogP contribution in [0.1, 0.15) is 29.8 Å². The number of nitrogens with zero attached hydrogens (tertiary/aromatic N) is 1. The van der Waals surface area contributed by atoms with E-state index in [0.29, 0.717) is 25.3 Å². The average molecular weight is 363 g/mol. The first kappa shape index (κ1) is 21.0. The molecule has 0 heterocycles. The van der Waals surface area contributed by atoms with Crippen molar-refractivity contribution in [2.75, 3.05) is 20.1 Å². The van der Waals surface area contributed by atoms with Crippen molar-refractivity contribution in [3.05, 3.63) is 65.7 Å². The highest BCUT2D eigenvalue weighted by Crippen LogP contribution is 2.19. The number of hydrogen-bond donors (Lipinski definition) is 1. The summed E-state index contributed by atoms with van der Waals surface area (Å²) < 4.78 is 5.79. The highest BCUT2D eigenvalue weighted by molar-refractivity contribution is 5.95. The Labute approximate surface area is 156 Å². The summed E-state index contributed by atoms with van der Waals surface area (Å²) in [6, 6.07) is 17.2. The van der Waals surface area contributed by atoms with E-state index < -0.39 is 0 Å². The topological polar surface area (TPSA) is 55.6 Å². The second kappa shape index (κ2) is 9.44. The number of ether oxygens (including phenoxy) is 1. The molecular formula is C20H27ClN2O2. The molecule has 0 bridgehead atoms. The monoisotopic (exact) mass is 362 g/mol. The van der Waals surface area contributed by atoms with Crippen LogP contribution in [0, 0.1) is 5.41 Å². The molecule has 25 heavy (non-hydrogen) atoms. The van der Waals surface area contributed by atoms with E-state index in [2.05, 4.69) is 13.8 Å². The van der Waals surface area contributed by atoms with E-state index in [0.717, 1.165) is 11.3 Å². The minimum atomic E-state index is -0.111. The SMILES string of the molecule is CN(CC(C)(C)CN)C(=O)c1ccccc1COc1ccccc1.Cl. The molecule has 0 saturated heterocycles. The van der Waals surface area contributed by atoms with Gasteiger partial charge in [-0.05, 0) is 30.2 Å². The number of nitrogens with two attached hydrogens (primary N) is 1. The van der Waals surface area contributed by atoms with Crippen molar-refractivity contribution in [2.45, 2.75) is 20.5 Å².